The minimum atomic E-state index is -0.928. The zero-order valence-electron chi connectivity index (χ0n) is 13.2. The molecule has 3 aromatic carbocycles. The zero-order valence-corrected chi connectivity index (χ0v) is 13.2. The molecule has 1 N–H and O–H groups in total. The van der Waals surface area contributed by atoms with Gasteiger partial charge in [-0.15, -0.1) is 0 Å². The minimum Gasteiger partial charge on any atom is -0.489 e. The number of imidazole rings is 1. The standard InChI is InChI=1S/C20H14F2N2O/c21-16-10-9-14(11-17(16)22)25-12-13-5-1-2-6-15(13)20-23-18-7-3-4-8-19(18)24-20/h1-11H,12H2,(H,23,24). The van der Waals surface area contributed by atoms with Gasteiger partial charge in [0.15, 0.2) is 11.6 Å². The average molecular weight is 336 g/mol. The predicted molar refractivity (Wildman–Crippen MR) is 92.2 cm³/mol. The van der Waals surface area contributed by atoms with Crippen molar-refractivity contribution in [1.29, 1.82) is 0 Å². The number of para-hydroxylation sites is 2. The third-order valence-corrected chi connectivity index (χ3v) is 3.95. The van der Waals surface area contributed by atoms with Crippen molar-refractivity contribution < 1.29 is 13.5 Å². The van der Waals surface area contributed by atoms with Crippen LogP contribution in [-0.4, -0.2) is 9.97 Å². The van der Waals surface area contributed by atoms with E-state index in [9.17, 15) is 8.78 Å². The van der Waals surface area contributed by atoms with Crippen LogP contribution in [0.2, 0.25) is 0 Å². The lowest BCUT2D eigenvalue weighted by atomic mass is 10.1. The van der Waals surface area contributed by atoms with E-state index < -0.39 is 11.6 Å². The molecule has 3 nitrogen and oxygen atoms in total. The summed E-state index contributed by atoms with van der Waals surface area (Å²) in [4.78, 5) is 7.89. The number of aromatic amines is 1. The van der Waals surface area contributed by atoms with Crippen LogP contribution in [0.15, 0.2) is 66.7 Å². The summed E-state index contributed by atoms with van der Waals surface area (Å²) in [6.07, 6.45) is 0. The first-order valence-electron chi connectivity index (χ1n) is 7.81. The normalized spacial score (nSPS) is 11.0. The van der Waals surface area contributed by atoms with Crippen molar-refractivity contribution in [3.05, 3.63) is 83.9 Å². The molecule has 0 saturated heterocycles. The Bertz CT molecular complexity index is 1010. The molecular formula is C20H14F2N2O. The first-order valence-corrected chi connectivity index (χ1v) is 7.81. The summed E-state index contributed by atoms with van der Waals surface area (Å²) in [5.41, 5.74) is 3.63. The van der Waals surface area contributed by atoms with Crippen LogP contribution in [-0.2, 0) is 6.61 Å². The van der Waals surface area contributed by atoms with Gasteiger partial charge < -0.3 is 9.72 Å². The lowest BCUT2D eigenvalue weighted by Gasteiger charge is -2.10. The van der Waals surface area contributed by atoms with Crippen molar-refractivity contribution in [3.63, 3.8) is 0 Å². The van der Waals surface area contributed by atoms with Gasteiger partial charge in [0.25, 0.3) is 0 Å². The van der Waals surface area contributed by atoms with Gasteiger partial charge in [-0.3, -0.25) is 0 Å². The summed E-state index contributed by atoms with van der Waals surface area (Å²) >= 11 is 0. The highest BCUT2D eigenvalue weighted by Crippen LogP contribution is 2.25. The van der Waals surface area contributed by atoms with E-state index in [4.69, 9.17) is 4.74 Å². The lowest BCUT2D eigenvalue weighted by molar-refractivity contribution is 0.303. The number of ether oxygens (including phenoxy) is 1. The molecule has 0 amide bonds. The molecule has 5 heteroatoms. The maximum Gasteiger partial charge on any atom is 0.162 e. The molecule has 0 unspecified atom stereocenters. The number of halogens is 2. The summed E-state index contributed by atoms with van der Waals surface area (Å²) in [7, 11) is 0. The topological polar surface area (TPSA) is 37.9 Å². The molecule has 0 radical (unpaired) electrons. The van der Waals surface area contributed by atoms with Gasteiger partial charge in [-0.1, -0.05) is 36.4 Å². The Kier molecular flexibility index (Phi) is 3.90. The summed E-state index contributed by atoms with van der Waals surface area (Å²) in [6.45, 7) is 0.221. The summed E-state index contributed by atoms with van der Waals surface area (Å²) in [5.74, 6) is -0.804. The van der Waals surface area contributed by atoms with E-state index in [0.29, 0.717) is 0 Å². The summed E-state index contributed by atoms with van der Waals surface area (Å²) in [6, 6.07) is 19.0. The molecule has 1 aromatic heterocycles. The zero-order chi connectivity index (χ0) is 17.2. The second kappa shape index (κ2) is 6.36. The highest BCUT2D eigenvalue weighted by Gasteiger charge is 2.10. The minimum absolute atomic E-state index is 0.221. The van der Waals surface area contributed by atoms with Crippen LogP contribution in [0.3, 0.4) is 0 Å². The Morgan fingerprint density at radius 1 is 0.880 bits per heavy atom. The maximum atomic E-state index is 13.3. The third-order valence-electron chi connectivity index (χ3n) is 3.95. The Hall–Kier alpha value is -3.21. The van der Waals surface area contributed by atoms with Crippen LogP contribution in [0.25, 0.3) is 22.4 Å². The van der Waals surface area contributed by atoms with Crippen molar-refractivity contribution in [1.82, 2.24) is 9.97 Å². The van der Waals surface area contributed by atoms with E-state index in [1.807, 2.05) is 48.5 Å². The van der Waals surface area contributed by atoms with Crippen LogP contribution in [0.5, 0.6) is 5.75 Å². The van der Waals surface area contributed by atoms with Crippen molar-refractivity contribution in [2.45, 2.75) is 6.61 Å². The number of nitrogens with zero attached hydrogens (tertiary/aromatic N) is 1. The lowest BCUT2D eigenvalue weighted by Crippen LogP contribution is -1.99. The van der Waals surface area contributed by atoms with Crippen LogP contribution in [0.1, 0.15) is 5.56 Å². The fraction of sp³-hybridized carbons (Fsp3) is 0.0500. The second-order valence-corrected chi connectivity index (χ2v) is 5.62. The average Bonchev–Trinajstić information content (AvgIpc) is 3.07. The van der Waals surface area contributed by atoms with Crippen LogP contribution in [0.4, 0.5) is 8.78 Å². The number of hydrogen-bond acceptors (Lipinski definition) is 2. The monoisotopic (exact) mass is 336 g/mol. The van der Waals surface area contributed by atoms with Gasteiger partial charge >= 0.3 is 0 Å². The molecule has 0 aliphatic carbocycles. The van der Waals surface area contributed by atoms with Crippen molar-refractivity contribution >= 4 is 11.0 Å². The van der Waals surface area contributed by atoms with E-state index in [2.05, 4.69) is 9.97 Å². The summed E-state index contributed by atoms with van der Waals surface area (Å²) in [5, 5.41) is 0. The molecule has 0 bridgehead atoms. The molecule has 0 fully saturated rings. The van der Waals surface area contributed by atoms with Crippen molar-refractivity contribution in [2.24, 2.45) is 0 Å². The number of H-pyrrole nitrogens is 1. The quantitative estimate of drug-likeness (QED) is 0.564. The number of rotatable bonds is 4. The van der Waals surface area contributed by atoms with Crippen molar-refractivity contribution in [3.8, 4) is 17.1 Å². The molecule has 4 rings (SSSR count). The van der Waals surface area contributed by atoms with E-state index in [1.54, 1.807) is 0 Å². The maximum absolute atomic E-state index is 13.3. The van der Waals surface area contributed by atoms with Gasteiger partial charge in [0.2, 0.25) is 0 Å². The SMILES string of the molecule is Fc1ccc(OCc2ccccc2-c2nc3ccccc3[nH]2)cc1F. The number of hydrogen-bond donors (Lipinski definition) is 1. The number of fused-ring (bicyclic) bond motifs is 1. The molecular weight excluding hydrogens is 322 g/mol. The van der Waals surface area contributed by atoms with E-state index >= 15 is 0 Å². The van der Waals surface area contributed by atoms with Gasteiger partial charge in [-0.2, -0.15) is 0 Å². The van der Waals surface area contributed by atoms with Gasteiger partial charge in [-0.05, 0) is 24.3 Å². The molecule has 0 atom stereocenters. The highest BCUT2D eigenvalue weighted by atomic mass is 19.2. The summed E-state index contributed by atoms with van der Waals surface area (Å²) < 4.78 is 31.9. The van der Waals surface area contributed by atoms with Gasteiger partial charge in [0, 0.05) is 17.2 Å². The second-order valence-electron chi connectivity index (χ2n) is 5.62. The first-order chi connectivity index (χ1) is 12.2. The Labute approximate surface area is 142 Å². The first kappa shape index (κ1) is 15.3. The van der Waals surface area contributed by atoms with E-state index in [-0.39, 0.29) is 12.4 Å². The number of benzene rings is 3. The molecule has 0 aliphatic heterocycles. The highest BCUT2D eigenvalue weighted by molar-refractivity contribution is 5.79. The Morgan fingerprint density at radius 2 is 1.68 bits per heavy atom. The fourth-order valence-electron chi connectivity index (χ4n) is 2.69. The predicted octanol–water partition coefficient (Wildman–Crippen LogP) is 5.09. The Morgan fingerprint density at radius 3 is 2.52 bits per heavy atom. The Balaban J connectivity index is 1.63. The van der Waals surface area contributed by atoms with E-state index in [0.717, 1.165) is 40.1 Å². The molecule has 0 saturated carbocycles. The van der Waals surface area contributed by atoms with Gasteiger partial charge in [-0.25, -0.2) is 13.8 Å². The molecule has 25 heavy (non-hydrogen) atoms. The molecule has 4 aromatic rings. The number of aromatic nitrogens is 2. The van der Waals surface area contributed by atoms with Crippen LogP contribution < -0.4 is 4.74 Å². The molecule has 0 aliphatic rings. The smallest absolute Gasteiger partial charge is 0.162 e. The largest absolute Gasteiger partial charge is 0.489 e. The van der Waals surface area contributed by atoms with Crippen molar-refractivity contribution in [2.75, 3.05) is 0 Å². The third kappa shape index (κ3) is 3.08. The van der Waals surface area contributed by atoms with Gasteiger partial charge in [0.05, 0.1) is 11.0 Å². The molecule has 1 heterocycles. The van der Waals surface area contributed by atoms with Crippen LogP contribution in [0, 0.1) is 11.6 Å². The van der Waals surface area contributed by atoms with Crippen LogP contribution >= 0.6 is 0 Å². The van der Waals surface area contributed by atoms with E-state index in [1.165, 1.54) is 6.07 Å². The number of nitrogens with one attached hydrogen (secondary N) is 1. The van der Waals surface area contributed by atoms with Gasteiger partial charge in [0.1, 0.15) is 18.2 Å². The molecule has 124 valence electrons. The fourth-order valence-corrected chi connectivity index (χ4v) is 2.69. The molecule has 0 spiro atoms.